The highest BCUT2D eigenvalue weighted by atomic mass is 79.9. The number of fused-ring (bicyclic) bond motifs is 1. The summed E-state index contributed by atoms with van der Waals surface area (Å²) in [5, 5.41) is 14.1. The Morgan fingerprint density at radius 1 is 1.38 bits per heavy atom. The van der Waals surface area contributed by atoms with Crippen LogP contribution in [0.25, 0.3) is 11.0 Å². The van der Waals surface area contributed by atoms with Gasteiger partial charge in [0, 0.05) is 0 Å². The molecule has 6 heteroatoms. The summed E-state index contributed by atoms with van der Waals surface area (Å²) in [5.74, 6) is 0. The molecular weight excluding hydrogens is 274 g/mol. The van der Waals surface area contributed by atoms with Gasteiger partial charge in [-0.25, -0.2) is 4.98 Å². The van der Waals surface area contributed by atoms with E-state index in [9.17, 15) is 5.11 Å². The lowest BCUT2D eigenvalue weighted by Crippen LogP contribution is -2.22. The van der Waals surface area contributed by atoms with Crippen LogP contribution in [-0.2, 0) is 4.74 Å². The Morgan fingerprint density at radius 3 is 3.00 bits per heavy atom. The first-order valence-corrected chi connectivity index (χ1v) is 5.80. The number of pyridine rings is 1. The molecule has 5 nitrogen and oxygen atoms in total. The Kier molecular flexibility index (Phi) is 2.42. The van der Waals surface area contributed by atoms with Crippen LogP contribution in [0, 0.1) is 0 Å². The van der Waals surface area contributed by atoms with Crippen molar-refractivity contribution in [3.05, 3.63) is 22.9 Å². The van der Waals surface area contributed by atoms with Gasteiger partial charge in [-0.2, -0.15) is 5.10 Å². The number of hydrogen-bond donors (Lipinski definition) is 1. The van der Waals surface area contributed by atoms with Crippen molar-refractivity contribution in [3.63, 3.8) is 0 Å². The first-order valence-electron chi connectivity index (χ1n) is 5.01. The minimum absolute atomic E-state index is 0.104. The van der Waals surface area contributed by atoms with Crippen molar-refractivity contribution < 1.29 is 9.84 Å². The van der Waals surface area contributed by atoms with Crippen LogP contribution < -0.4 is 0 Å². The van der Waals surface area contributed by atoms with Gasteiger partial charge >= 0.3 is 0 Å². The van der Waals surface area contributed by atoms with E-state index in [-0.39, 0.29) is 6.04 Å². The zero-order valence-corrected chi connectivity index (χ0v) is 9.96. The fraction of sp³-hybridized carbons (Fsp3) is 0.400. The molecule has 3 rings (SSSR count). The zero-order valence-electron chi connectivity index (χ0n) is 8.38. The SMILES string of the molecule is OC1COC[C@@H]1n1cc2nc(Br)ccc2n1. The van der Waals surface area contributed by atoms with Gasteiger partial charge in [0.1, 0.15) is 27.8 Å². The average Bonchev–Trinajstić information content (AvgIpc) is 2.82. The summed E-state index contributed by atoms with van der Waals surface area (Å²) in [6.45, 7) is 0.869. The van der Waals surface area contributed by atoms with Crippen LogP contribution in [0.15, 0.2) is 22.9 Å². The number of rotatable bonds is 1. The summed E-state index contributed by atoms with van der Waals surface area (Å²) in [6.07, 6.45) is 1.35. The topological polar surface area (TPSA) is 60.2 Å². The Hall–Kier alpha value is -0.980. The van der Waals surface area contributed by atoms with E-state index in [2.05, 4.69) is 26.0 Å². The lowest BCUT2D eigenvalue weighted by molar-refractivity contribution is 0.118. The van der Waals surface area contributed by atoms with Crippen LogP contribution in [0.5, 0.6) is 0 Å². The summed E-state index contributed by atoms with van der Waals surface area (Å²) in [5.41, 5.74) is 1.63. The average molecular weight is 284 g/mol. The zero-order chi connectivity index (χ0) is 11.1. The largest absolute Gasteiger partial charge is 0.388 e. The van der Waals surface area contributed by atoms with Gasteiger partial charge in [-0.05, 0) is 28.1 Å². The van der Waals surface area contributed by atoms with E-state index in [1.54, 1.807) is 4.68 Å². The fourth-order valence-corrected chi connectivity index (χ4v) is 2.18. The van der Waals surface area contributed by atoms with Crippen LogP contribution in [0.1, 0.15) is 6.04 Å². The molecule has 1 fully saturated rings. The van der Waals surface area contributed by atoms with E-state index in [0.29, 0.717) is 13.2 Å². The highest BCUT2D eigenvalue weighted by molar-refractivity contribution is 9.10. The van der Waals surface area contributed by atoms with Crippen molar-refractivity contribution in [1.29, 1.82) is 0 Å². The number of ether oxygens (including phenoxy) is 1. The molecule has 3 heterocycles. The molecule has 0 bridgehead atoms. The first kappa shape index (κ1) is 10.2. The van der Waals surface area contributed by atoms with Gasteiger partial charge in [0.2, 0.25) is 0 Å². The standard InChI is InChI=1S/C10H10BrN3O2/c11-10-2-1-6-7(12-10)3-14(13-6)8-4-16-5-9(8)15/h1-3,8-9,15H,4-5H2/t8-,9?/m0/s1. The Morgan fingerprint density at radius 2 is 2.25 bits per heavy atom. The second-order valence-electron chi connectivity index (χ2n) is 3.82. The van der Waals surface area contributed by atoms with E-state index < -0.39 is 6.10 Å². The summed E-state index contributed by atoms with van der Waals surface area (Å²) in [6, 6.07) is 3.64. The molecule has 0 spiro atoms. The minimum Gasteiger partial charge on any atom is -0.388 e. The normalized spacial score (nSPS) is 25.4. The van der Waals surface area contributed by atoms with Gasteiger partial charge in [0.25, 0.3) is 0 Å². The van der Waals surface area contributed by atoms with Crippen molar-refractivity contribution in [2.24, 2.45) is 0 Å². The summed E-state index contributed by atoms with van der Waals surface area (Å²) < 4.78 is 7.72. The maximum atomic E-state index is 9.71. The van der Waals surface area contributed by atoms with Crippen molar-refractivity contribution in [3.8, 4) is 0 Å². The Labute approximate surface area is 100 Å². The van der Waals surface area contributed by atoms with Gasteiger partial charge in [-0.15, -0.1) is 0 Å². The van der Waals surface area contributed by atoms with Crippen LogP contribution in [0.2, 0.25) is 0 Å². The third-order valence-corrected chi connectivity index (χ3v) is 3.15. The smallest absolute Gasteiger partial charge is 0.111 e. The molecule has 2 aromatic heterocycles. The molecule has 1 saturated heterocycles. The molecule has 0 amide bonds. The van der Waals surface area contributed by atoms with Gasteiger partial charge in [0.05, 0.1) is 19.4 Å². The van der Waals surface area contributed by atoms with E-state index in [4.69, 9.17) is 4.74 Å². The van der Waals surface area contributed by atoms with Crippen LogP contribution >= 0.6 is 15.9 Å². The van der Waals surface area contributed by atoms with Crippen molar-refractivity contribution in [2.45, 2.75) is 12.1 Å². The first-order chi connectivity index (χ1) is 7.74. The molecule has 1 N–H and O–H groups in total. The van der Waals surface area contributed by atoms with E-state index >= 15 is 0 Å². The van der Waals surface area contributed by atoms with Crippen LogP contribution in [-0.4, -0.2) is 39.2 Å². The molecule has 0 saturated carbocycles. The number of aliphatic hydroxyl groups is 1. The third kappa shape index (κ3) is 1.63. The van der Waals surface area contributed by atoms with Gasteiger partial charge in [-0.1, -0.05) is 0 Å². The molecule has 0 aromatic carbocycles. The van der Waals surface area contributed by atoms with Crippen molar-refractivity contribution in [1.82, 2.24) is 14.8 Å². The third-order valence-electron chi connectivity index (χ3n) is 2.71. The second-order valence-corrected chi connectivity index (χ2v) is 4.63. The molecule has 84 valence electrons. The lowest BCUT2D eigenvalue weighted by atomic mass is 10.2. The lowest BCUT2D eigenvalue weighted by Gasteiger charge is -2.11. The number of hydrogen-bond acceptors (Lipinski definition) is 4. The predicted octanol–water partition coefficient (Wildman–Crippen LogP) is 1.13. The van der Waals surface area contributed by atoms with Gasteiger partial charge in [0.15, 0.2) is 0 Å². The summed E-state index contributed by atoms with van der Waals surface area (Å²) in [7, 11) is 0. The number of halogens is 1. The molecule has 2 aromatic rings. The minimum atomic E-state index is -0.488. The molecule has 0 radical (unpaired) electrons. The number of aromatic nitrogens is 3. The maximum Gasteiger partial charge on any atom is 0.111 e. The Bertz CT molecular complexity index is 528. The predicted molar refractivity (Wildman–Crippen MR) is 61.1 cm³/mol. The molecule has 1 aliphatic rings. The molecule has 1 unspecified atom stereocenters. The van der Waals surface area contributed by atoms with Crippen molar-refractivity contribution in [2.75, 3.05) is 13.2 Å². The second kappa shape index (κ2) is 3.80. The van der Waals surface area contributed by atoms with E-state index in [1.165, 1.54) is 0 Å². The van der Waals surface area contributed by atoms with E-state index in [0.717, 1.165) is 15.6 Å². The highest BCUT2D eigenvalue weighted by Gasteiger charge is 2.28. The molecule has 2 atom stereocenters. The van der Waals surface area contributed by atoms with Gasteiger partial charge < -0.3 is 9.84 Å². The molecular formula is C10H10BrN3O2. The highest BCUT2D eigenvalue weighted by Crippen LogP contribution is 2.22. The maximum absolute atomic E-state index is 9.71. The van der Waals surface area contributed by atoms with Gasteiger partial charge in [-0.3, -0.25) is 4.68 Å². The monoisotopic (exact) mass is 283 g/mol. The van der Waals surface area contributed by atoms with Crippen LogP contribution in [0.4, 0.5) is 0 Å². The number of aliphatic hydroxyl groups excluding tert-OH is 1. The van der Waals surface area contributed by atoms with Crippen LogP contribution in [0.3, 0.4) is 0 Å². The molecule has 1 aliphatic heterocycles. The Balaban J connectivity index is 2.04. The summed E-state index contributed by atoms with van der Waals surface area (Å²) in [4.78, 5) is 4.30. The fourth-order valence-electron chi connectivity index (χ4n) is 1.86. The summed E-state index contributed by atoms with van der Waals surface area (Å²) >= 11 is 3.31. The van der Waals surface area contributed by atoms with Crippen molar-refractivity contribution >= 4 is 27.0 Å². The molecule has 16 heavy (non-hydrogen) atoms. The quantitative estimate of drug-likeness (QED) is 0.797. The number of nitrogens with zero attached hydrogens (tertiary/aromatic N) is 3. The van der Waals surface area contributed by atoms with E-state index in [1.807, 2.05) is 18.3 Å². The molecule has 0 aliphatic carbocycles.